The highest BCUT2D eigenvalue weighted by Gasteiger charge is 2.41. The Morgan fingerprint density at radius 1 is 0.943 bits per heavy atom. The van der Waals surface area contributed by atoms with Gasteiger partial charge in [0.05, 0.1) is 17.3 Å². The average molecular weight is 728 g/mol. The fraction of sp³-hybridized carbons (Fsp3) is 0.548. The summed E-state index contributed by atoms with van der Waals surface area (Å²) in [5.74, 6) is -1.82. The number of hydrogen-bond donors (Lipinski definition) is 2. The van der Waals surface area contributed by atoms with Crippen molar-refractivity contribution in [2.75, 3.05) is 13.7 Å². The largest absolute Gasteiger partial charge is 0.417 e. The Kier molecular flexibility index (Phi) is 14.5. The van der Waals surface area contributed by atoms with Crippen molar-refractivity contribution in [1.82, 2.24) is 20.3 Å². The Balaban J connectivity index is 1.33. The van der Waals surface area contributed by atoms with Gasteiger partial charge in [-0.3, -0.25) is 19.2 Å². The first kappa shape index (κ1) is 39.5. The third kappa shape index (κ3) is 10.3. The number of rotatable bonds is 15. The van der Waals surface area contributed by atoms with Crippen molar-refractivity contribution in [2.24, 2.45) is 17.0 Å². The Bertz CT molecular complexity index is 1720. The number of benzene rings is 2. The predicted molar refractivity (Wildman–Crippen MR) is 206 cm³/mol. The van der Waals surface area contributed by atoms with Crippen molar-refractivity contribution in [3.05, 3.63) is 71.9 Å². The highest BCUT2D eigenvalue weighted by molar-refractivity contribution is 5.98. The number of hydrogen-bond acceptors (Lipinski definition) is 7. The van der Waals surface area contributed by atoms with Crippen LogP contribution in [0.3, 0.4) is 0 Å². The molecule has 5 rings (SSSR count). The maximum Gasteiger partial charge on any atom is 0.246 e. The smallest absolute Gasteiger partial charge is 0.246 e. The van der Waals surface area contributed by atoms with Crippen LogP contribution in [0.15, 0.2) is 65.9 Å². The summed E-state index contributed by atoms with van der Waals surface area (Å²) in [5, 5.41) is 11.4. The summed E-state index contributed by atoms with van der Waals surface area (Å²) in [5.41, 5.74) is 3.72. The van der Waals surface area contributed by atoms with Crippen LogP contribution in [0, 0.1) is 11.8 Å². The number of aromatic nitrogens is 1. The zero-order valence-corrected chi connectivity index (χ0v) is 31.9. The molecular weight excluding hydrogens is 670 g/mol. The fourth-order valence-electron chi connectivity index (χ4n) is 7.56. The Hall–Kier alpha value is -4.67. The molecule has 1 unspecified atom stereocenters. The van der Waals surface area contributed by atoms with E-state index in [1.54, 1.807) is 16.7 Å². The molecule has 11 nitrogen and oxygen atoms in total. The van der Waals surface area contributed by atoms with Gasteiger partial charge < -0.3 is 25.2 Å². The van der Waals surface area contributed by atoms with Crippen LogP contribution >= 0.6 is 0 Å². The second kappa shape index (κ2) is 19.4. The molecule has 2 aliphatic heterocycles. The zero-order valence-electron chi connectivity index (χ0n) is 31.9. The summed E-state index contributed by atoms with van der Waals surface area (Å²) in [6, 6.07) is 15.3. The van der Waals surface area contributed by atoms with E-state index in [-0.39, 0.29) is 36.4 Å². The minimum Gasteiger partial charge on any atom is -0.417 e. The lowest BCUT2D eigenvalue weighted by atomic mass is 9.87. The van der Waals surface area contributed by atoms with E-state index in [0.29, 0.717) is 32.4 Å². The Labute approximate surface area is 313 Å². The lowest BCUT2D eigenvalue weighted by molar-refractivity contribution is -0.147. The summed E-state index contributed by atoms with van der Waals surface area (Å²) in [6.07, 6.45) is 9.44. The van der Waals surface area contributed by atoms with Crippen molar-refractivity contribution in [3.63, 3.8) is 0 Å². The molecule has 11 heteroatoms. The maximum atomic E-state index is 14.2. The molecule has 3 heterocycles. The molecule has 3 aromatic rings. The molecule has 286 valence electrons. The van der Waals surface area contributed by atoms with Gasteiger partial charge in [-0.2, -0.15) is 4.73 Å². The van der Waals surface area contributed by atoms with Crippen LogP contribution in [0.4, 0.5) is 0 Å². The van der Waals surface area contributed by atoms with Gasteiger partial charge in [0.2, 0.25) is 17.7 Å². The van der Waals surface area contributed by atoms with Crippen molar-refractivity contribution in [2.45, 2.75) is 123 Å². The zero-order chi connectivity index (χ0) is 37.7. The number of oxime groups is 1. The van der Waals surface area contributed by atoms with Gasteiger partial charge in [-0.15, -0.1) is 0 Å². The van der Waals surface area contributed by atoms with Gasteiger partial charge in [0.15, 0.2) is 5.78 Å². The normalized spacial score (nSPS) is 22.3. The first-order chi connectivity index (χ1) is 25.7. The van der Waals surface area contributed by atoms with E-state index in [4.69, 9.17) is 9.68 Å². The second-order valence-electron chi connectivity index (χ2n) is 14.6. The number of amides is 3. The van der Waals surface area contributed by atoms with Gasteiger partial charge in [0.1, 0.15) is 25.8 Å². The van der Waals surface area contributed by atoms with Crippen LogP contribution in [0.1, 0.15) is 103 Å². The number of carbonyl (C=O) groups is 4. The average Bonchev–Trinajstić information content (AvgIpc) is 3.54. The molecule has 0 spiro atoms. The first-order valence-electron chi connectivity index (χ1n) is 19.5. The van der Waals surface area contributed by atoms with Crippen LogP contribution in [0.5, 0.6) is 0 Å². The van der Waals surface area contributed by atoms with Gasteiger partial charge >= 0.3 is 0 Å². The number of nitrogens with one attached hydrogen (secondary N) is 2. The van der Waals surface area contributed by atoms with E-state index in [0.717, 1.165) is 72.7 Å². The number of ketones is 1. The second-order valence-corrected chi connectivity index (χ2v) is 14.6. The van der Waals surface area contributed by atoms with E-state index in [9.17, 15) is 19.2 Å². The number of carbonyl (C=O) groups excluding carboxylic acids is 4. The summed E-state index contributed by atoms with van der Waals surface area (Å²) < 4.78 is 1.65. The van der Waals surface area contributed by atoms with E-state index < -0.39 is 30.0 Å². The molecule has 3 amide bonds. The summed E-state index contributed by atoms with van der Waals surface area (Å²) in [7, 11) is 1.58. The molecular formula is C42H57N5O6. The Morgan fingerprint density at radius 2 is 1.72 bits per heavy atom. The van der Waals surface area contributed by atoms with E-state index in [2.05, 4.69) is 22.7 Å². The molecule has 2 aliphatic rings. The third-order valence-corrected chi connectivity index (χ3v) is 11.0. The van der Waals surface area contributed by atoms with Crippen LogP contribution in [-0.2, 0) is 37.0 Å². The van der Waals surface area contributed by atoms with Crippen LogP contribution in [0.25, 0.3) is 10.9 Å². The molecule has 0 radical (unpaired) electrons. The van der Waals surface area contributed by atoms with Crippen molar-refractivity contribution in [3.8, 4) is 0 Å². The predicted octanol–water partition coefficient (Wildman–Crippen LogP) is 6.16. The number of fused-ring (bicyclic) bond motifs is 2. The minimum atomic E-state index is -0.966. The molecule has 0 bridgehead atoms. The first-order valence-corrected chi connectivity index (χ1v) is 19.5. The molecule has 53 heavy (non-hydrogen) atoms. The highest BCUT2D eigenvalue weighted by atomic mass is 16.6. The molecule has 0 saturated carbocycles. The van der Waals surface area contributed by atoms with Crippen molar-refractivity contribution in [1.29, 1.82) is 0 Å². The topological polar surface area (TPSA) is 131 Å². The van der Waals surface area contributed by atoms with E-state index >= 15 is 0 Å². The molecule has 2 N–H and O–H groups in total. The van der Waals surface area contributed by atoms with Crippen molar-refractivity contribution >= 4 is 40.1 Å². The van der Waals surface area contributed by atoms with Gasteiger partial charge in [-0.05, 0) is 68.1 Å². The third-order valence-electron chi connectivity index (χ3n) is 11.0. The lowest BCUT2D eigenvalue weighted by Gasteiger charge is -2.39. The lowest BCUT2D eigenvalue weighted by Crippen LogP contribution is -2.61. The molecule has 2 fully saturated rings. The molecule has 1 aromatic heterocycles. The molecule has 0 aliphatic carbocycles. The number of unbranched alkanes of at least 4 members (excludes halogenated alkanes) is 2. The number of piperidine rings is 1. The van der Waals surface area contributed by atoms with Crippen LogP contribution < -0.4 is 15.5 Å². The number of Topliss-reactive ketones (excluding diaryl/α,β-unsaturated/α-hetero) is 1. The number of para-hydroxylation sites is 1. The van der Waals surface area contributed by atoms with Crippen LogP contribution in [0.2, 0.25) is 0 Å². The van der Waals surface area contributed by atoms with Gasteiger partial charge in [0, 0.05) is 36.9 Å². The number of nitrogens with zero attached hydrogens (tertiary/aromatic N) is 3. The monoisotopic (exact) mass is 727 g/mol. The summed E-state index contributed by atoms with van der Waals surface area (Å²) in [6.45, 7) is 6.88. The highest BCUT2D eigenvalue weighted by Crippen LogP contribution is 2.27. The molecule has 2 saturated heterocycles. The Morgan fingerprint density at radius 3 is 2.47 bits per heavy atom. The molecule has 5 atom stereocenters. The summed E-state index contributed by atoms with van der Waals surface area (Å²) in [4.78, 5) is 69.6. The van der Waals surface area contributed by atoms with Gasteiger partial charge in [-0.25, -0.2) is 0 Å². The van der Waals surface area contributed by atoms with E-state index in [1.165, 1.54) is 0 Å². The molecule has 2 aromatic carbocycles. The maximum absolute atomic E-state index is 14.2. The fourth-order valence-corrected chi connectivity index (χ4v) is 7.56. The van der Waals surface area contributed by atoms with E-state index in [1.807, 2.05) is 74.6 Å². The quantitative estimate of drug-likeness (QED) is 0.110. The van der Waals surface area contributed by atoms with Crippen LogP contribution in [-0.4, -0.2) is 70.6 Å². The van der Waals surface area contributed by atoms with Gasteiger partial charge in [-0.1, -0.05) is 93.7 Å². The van der Waals surface area contributed by atoms with Crippen molar-refractivity contribution < 1.29 is 28.9 Å². The SMILES string of the molecule is CCC(CCCCC[C@@H]1CC(=O)[C@H]2CCCCN2C(=O)[C@H](C(C)CC)NC(=O)[C@H](Cc2cn(OC)c3ccccc23)NC1=O)=NOCc1ccccc1. The summed E-state index contributed by atoms with van der Waals surface area (Å²) >= 11 is 0. The standard InChI is InChI=1S/C42H57N5O6/c1-5-29(3)39-42(51)46-24-16-15-23-37(46)38(48)26-31(19-11-8-12-20-33(6-2)45-53-28-30-17-9-7-10-18-30)40(49)43-35(41(50)44-39)25-32-27-47(52-4)36-22-14-13-21-34(32)36/h7,9-10,13-14,17-18,21-22,27,29,31,35,37,39H,5-6,8,11-12,15-16,19-20,23-26,28H2,1-4H3,(H,43,49)(H,44,50)/t29?,31-,35+,37-,39+/m1/s1. The van der Waals surface area contributed by atoms with Gasteiger partial charge in [0.25, 0.3) is 0 Å². The minimum absolute atomic E-state index is 0.0284.